The molecule has 22 heavy (non-hydrogen) atoms. The predicted molar refractivity (Wildman–Crippen MR) is 83.2 cm³/mol. The molecule has 0 fully saturated rings. The molecule has 0 radical (unpaired) electrons. The van der Waals surface area contributed by atoms with E-state index in [9.17, 15) is 9.59 Å². The van der Waals surface area contributed by atoms with Crippen LogP contribution in [0.3, 0.4) is 0 Å². The highest BCUT2D eigenvalue weighted by Crippen LogP contribution is 2.29. The molecule has 0 aliphatic carbocycles. The number of esters is 2. The Hall–Kier alpha value is -2.24. The van der Waals surface area contributed by atoms with Gasteiger partial charge in [0.15, 0.2) is 0 Å². The van der Waals surface area contributed by atoms with Crippen molar-refractivity contribution >= 4 is 17.6 Å². The zero-order chi connectivity index (χ0) is 16.5. The third-order valence-corrected chi connectivity index (χ3v) is 3.01. The number of carbonyl (C=O) groups is 2. The van der Waals surface area contributed by atoms with Crippen LogP contribution in [0.25, 0.3) is 0 Å². The normalized spacial score (nSPS) is 10.0. The van der Waals surface area contributed by atoms with Crippen LogP contribution in [0, 0.1) is 6.92 Å². The fourth-order valence-electron chi connectivity index (χ4n) is 2.00. The quantitative estimate of drug-likeness (QED) is 0.684. The van der Waals surface area contributed by atoms with Crippen molar-refractivity contribution < 1.29 is 23.8 Å². The summed E-state index contributed by atoms with van der Waals surface area (Å²) in [7, 11) is 1.60. The Morgan fingerprint density at radius 1 is 1.05 bits per heavy atom. The molecule has 1 aromatic carbocycles. The van der Waals surface area contributed by atoms with Gasteiger partial charge in [-0.05, 0) is 24.6 Å². The fraction of sp³-hybridized carbons (Fsp3) is 0.500. The van der Waals surface area contributed by atoms with Gasteiger partial charge < -0.3 is 19.1 Å². The van der Waals surface area contributed by atoms with E-state index < -0.39 is 0 Å². The van der Waals surface area contributed by atoms with Crippen LogP contribution in [0.15, 0.2) is 18.2 Å². The van der Waals surface area contributed by atoms with Crippen LogP contribution in [-0.4, -0.2) is 45.4 Å². The molecular formula is C16H23NO5. The first-order valence-electron chi connectivity index (χ1n) is 7.10. The standard InChI is InChI=1S/C16H23NO5/c1-12-5-6-16(20-4)15(11-12)17(7-9-21-13(2)18)8-10-22-14(3)19/h5-6,11H,7-10H2,1-4H3. The maximum Gasteiger partial charge on any atom is 0.302 e. The number of hydrogen-bond acceptors (Lipinski definition) is 6. The Morgan fingerprint density at radius 3 is 2.05 bits per heavy atom. The fourth-order valence-corrected chi connectivity index (χ4v) is 2.00. The van der Waals surface area contributed by atoms with Crippen molar-refractivity contribution in [2.45, 2.75) is 20.8 Å². The van der Waals surface area contributed by atoms with Crippen molar-refractivity contribution in [3.8, 4) is 5.75 Å². The Morgan fingerprint density at radius 2 is 1.59 bits per heavy atom. The molecule has 0 bridgehead atoms. The number of aryl methyl sites for hydroxylation is 1. The molecule has 0 N–H and O–H groups in total. The molecule has 0 unspecified atom stereocenters. The molecule has 0 saturated carbocycles. The minimum absolute atomic E-state index is 0.256. The number of anilines is 1. The van der Waals surface area contributed by atoms with E-state index in [2.05, 4.69) is 0 Å². The van der Waals surface area contributed by atoms with Gasteiger partial charge in [0, 0.05) is 13.8 Å². The third kappa shape index (κ3) is 6.03. The summed E-state index contributed by atoms with van der Waals surface area (Å²) in [6, 6.07) is 5.83. The summed E-state index contributed by atoms with van der Waals surface area (Å²) >= 11 is 0. The molecule has 0 aromatic heterocycles. The molecule has 122 valence electrons. The van der Waals surface area contributed by atoms with Crippen molar-refractivity contribution in [1.29, 1.82) is 0 Å². The van der Waals surface area contributed by atoms with Crippen molar-refractivity contribution in [1.82, 2.24) is 0 Å². The van der Waals surface area contributed by atoms with Gasteiger partial charge in [0.25, 0.3) is 0 Å². The highest BCUT2D eigenvalue weighted by molar-refractivity contribution is 5.66. The highest BCUT2D eigenvalue weighted by atomic mass is 16.5. The van der Waals surface area contributed by atoms with Crippen molar-refractivity contribution in [2.75, 3.05) is 38.3 Å². The molecule has 0 saturated heterocycles. The largest absolute Gasteiger partial charge is 0.495 e. The summed E-state index contributed by atoms with van der Waals surface area (Å²) in [5.41, 5.74) is 1.96. The lowest BCUT2D eigenvalue weighted by molar-refractivity contribution is -0.141. The van der Waals surface area contributed by atoms with Crippen molar-refractivity contribution in [3.05, 3.63) is 23.8 Å². The first-order chi connectivity index (χ1) is 10.4. The maximum absolute atomic E-state index is 10.9. The molecule has 0 heterocycles. The summed E-state index contributed by atoms with van der Waals surface area (Å²) in [5, 5.41) is 0. The zero-order valence-corrected chi connectivity index (χ0v) is 13.5. The summed E-state index contributed by atoms with van der Waals surface area (Å²) in [5.74, 6) is 0.0727. The number of rotatable bonds is 8. The van der Waals surface area contributed by atoms with E-state index in [1.165, 1.54) is 13.8 Å². The van der Waals surface area contributed by atoms with E-state index in [1.807, 2.05) is 30.0 Å². The monoisotopic (exact) mass is 309 g/mol. The summed E-state index contributed by atoms with van der Waals surface area (Å²) in [6.45, 7) is 6.21. The van der Waals surface area contributed by atoms with Gasteiger partial charge in [-0.1, -0.05) is 6.07 Å². The Kier molecular flexibility index (Phi) is 7.22. The number of benzene rings is 1. The SMILES string of the molecule is COc1ccc(C)cc1N(CCOC(C)=O)CCOC(C)=O. The van der Waals surface area contributed by atoms with Gasteiger partial charge in [0.1, 0.15) is 19.0 Å². The molecule has 1 rings (SSSR count). The van der Waals surface area contributed by atoms with Gasteiger partial charge in [-0.2, -0.15) is 0 Å². The van der Waals surface area contributed by atoms with Gasteiger partial charge in [0.05, 0.1) is 25.9 Å². The van der Waals surface area contributed by atoms with Crippen LogP contribution in [0.5, 0.6) is 5.75 Å². The van der Waals surface area contributed by atoms with Crippen LogP contribution in [0.2, 0.25) is 0 Å². The molecular weight excluding hydrogens is 286 g/mol. The van der Waals surface area contributed by atoms with Crippen LogP contribution in [0.1, 0.15) is 19.4 Å². The number of methoxy groups -OCH3 is 1. The van der Waals surface area contributed by atoms with Crippen LogP contribution >= 0.6 is 0 Å². The number of nitrogens with zero attached hydrogens (tertiary/aromatic N) is 1. The molecule has 0 atom stereocenters. The molecule has 0 spiro atoms. The van der Waals surface area contributed by atoms with Gasteiger partial charge >= 0.3 is 11.9 Å². The molecule has 1 aromatic rings. The minimum Gasteiger partial charge on any atom is -0.495 e. The summed E-state index contributed by atoms with van der Waals surface area (Å²) < 4.78 is 15.4. The average molecular weight is 309 g/mol. The molecule has 6 nitrogen and oxygen atoms in total. The van der Waals surface area contributed by atoms with Gasteiger partial charge in [-0.3, -0.25) is 9.59 Å². The lowest BCUT2D eigenvalue weighted by atomic mass is 10.2. The molecule has 0 aliphatic rings. The van der Waals surface area contributed by atoms with Gasteiger partial charge in [-0.15, -0.1) is 0 Å². The highest BCUT2D eigenvalue weighted by Gasteiger charge is 2.13. The van der Waals surface area contributed by atoms with E-state index in [4.69, 9.17) is 14.2 Å². The number of carbonyl (C=O) groups excluding carboxylic acids is 2. The average Bonchev–Trinajstić information content (AvgIpc) is 2.45. The number of hydrogen-bond donors (Lipinski definition) is 0. The van der Waals surface area contributed by atoms with E-state index in [1.54, 1.807) is 7.11 Å². The van der Waals surface area contributed by atoms with E-state index in [0.717, 1.165) is 17.0 Å². The van der Waals surface area contributed by atoms with Gasteiger partial charge in [0.2, 0.25) is 0 Å². The molecule has 0 aliphatic heterocycles. The minimum atomic E-state index is -0.323. The van der Waals surface area contributed by atoms with Crippen LogP contribution in [0.4, 0.5) is 5.69 Å². The van der Waals surface area contributed by atoms with E-state index in [-0.39, 0.29) is 25.2 Å². The van der Waals surface area contributed by atoms with E-state index in [0.29, 0.717) is 13.1 Å². The second-order valence-corrected chi connectivity index (χ2v) is 4.84. The van der Waals surface area contributed by atoms with Crippen LogP contribution in [-0.2, 0) is 19.1 Å². The van der Waals surface area contributed by atoms with E-state index >= 15 is 0 Å². The lowest BCUT2D eigenvalue weighted by Crippen LogP contribution is -2.32. The Balaban J connectivity index is 2.84. The van der Waals surface area contributed by atoms with Crippen molar-refractivity contribution in [2.24, 2.45) is 0 Å². The summed E-state index contributed by atoms with van der Waals surface area (Å²) in [4.78, 5) is 23.8. The number of ether oxygens (including phenoxy) is 3. The second kappa shape index (κ2) is 8.92. The first-order valence-corrected chi connectivity index (χ1v) is 7.10. The Labute approximate surface area is 131 Å². The second-order valence-electron chi connectivity index (χ2n) is 4.84. The topological polar surface area (TPSA) is 65.1 Å². The van der Waals surface area contributed by atoms with Gasteiger partial charge in [-0.25, -0.2) is 0 Å². The van der Waals surface area contributed by atoms with Crippen molar-refractivity contribution in [3.63, 3.8) is 0 Å². The molecule has 0 amide bonds. The summed E-state index contributed by atoms with van der Waals surface area (Å²) in [6.07, 6.45) is 0. The molecule has 6 heteroatoms. The Bertz CT molecular complexity index is 495. The zero-order valence-electron chi connectivity index (χ0n) is 13.5. The smallest absolute Gasteiger partial charge is 0.302 e. The first kappa shape index (κ1) is 17.8. The van der Waals surface area contributed by atoms with Crippen LogP contribution < -0.4 is 9.64 Å². The third-order valence-electron chi connectivity index (χ3n) is 3.01. The predicted octanol–water partition coefficient (Wildman–Crippen LogP) is 1.94. The maximum atomic E-state index is 10.9. The lowest BCUT2D eigenvalue weighted by Gasteiger charge is -2.26.